The first kappa shape index (κ1) is 11.9. The molecule has 0 aromatic heterocycles. The minimum atomic E-state index is 0.114. The van der Waals surface area contributed by atoms with E-state index in [1.165, 1.54) is 0 Å². The highest BCUT2D eigenvalue weighted by atomic mass is 16.3. The Labute approximate surface area is 101 Å². The van der Waals surface area contributed by atoms with Crippen LogP contribution < -0.4 is 10.6 Å². The first-order chi connectivity index (χ1) is 8.19. The summed E-state index contributed by atoms with van der Waals surface area (Å²) in [6.07, 6.45) is 1.50. The van der Waals surface area contributed by atoms with Crippen molar-refractivity contribution in [2.75, 3.05) is 6.54 Å². The number of hydrogen-bond donors (Lipinski definition) is 3. The van der Waals surface area contributed by atoms with Crippen LogP contribution in [0, 0.1) is 0 Å². The molecule has 2 unspecified atom stereocenters. The SMILES string of the molecule is CCC(NC1CNC(=O)C1)c1ccc(O)cc1. The standard InChI is InChI=1S/C13H18N2O2/c1-2-12(9-3-5-11(16)6-4-9)15-10-7-13(17)14-8-10/h3-6,10,12,15-16H,2,7-8H2,1H3,(H,14,17). The number of rotatable bonds is 4. The lowest BCUT2D eigenvalue weighted by atomic mass is 10.0. The molecule has 17 heavy (non-hydrogen) atoms. The Morgan fingerprint density at radius 3 is 2.71 bits per heavy atom. The fourth-order valence-corrected chi connectivity index (χ4v) is 2.16. The van der Waals surface area contributed by atoms with Crippen LogP contribution >= 0.6 is 0 Å². The summed E-state index contributed by atoms with van der Waals surface area (Å²) < 4.78 is 0. The molecule has 1 aliphatic rings. The summed E-state index contributed by atoms with van der Waals surface area (Å²) in [5, 5.41) is 15.5. The highest BCUT2D eigenvalue weighted by Crippen LogP contribution is 2.20. The maximum atomic E-state index is 11.1. The topological polar surface area (TPSA) is 61.4 Å². The molecule has 4 heteroatoms. The van der Waals surface area contributed by atoms with Crippen molar-refractivity contribution in [3.05, 3.63) is 29.8 Å². The number of phenols is 1. The minimum Gasteiger partial charge on any atom is -0.508 e. The van der Waals surface area contributed by atoms with Gasteiger partial charge in [0.05, 0.1) is 0 Å². The second-order valence-corrected chi connectivity index (χ2v) is 4.42. The summed E-state index contributed by atoms with van der Waals surface area (Å²) in [6, 6.07) is 7.66. The van der Waals surface area contributed by atoms with Crippen LogP contribution in [0.1, 0.15) is 31.4 Å². The lowest BCUT2D eigenvalue weighted by Gasteiger charge is -2.21. The van der Waals surface area contributed by atoms with Crippen LogP contribution in [0.25, 0.3) is 0 Å². The Balaban J connectivity index is 2.01. The van der Waals surface area contributed by atoms with Crippen molar-refractivity contribution in [2.24, 2.45) is 0 Å². The predicted molar refractivity (Wildman–Crippen MR) is 65.7 cm³/mol. The lowest BCUT2D eigenvalue weighted by molar-refractivity contribution is -0.119. The van der Waals surface area contributed by atoms with E-state index in [0.717, 1.165) is 12.0 Å². The largest absolute Gasteiger partial charge is 0.508 e. The van der Waals surface area contributed by atoms with E-state index in [4.69, 9.17) is 0 Å². The zero-order valence-corrected chi connectivity index (χ0v) is 9.94. The van der Waals surface area contributed by atoms with Crippen molar-refractivity contribution < 1.29 is 9.90 Å². The average molecular weight is 234 g/mol. The number of hydrogen-bond acceptors (Lipinski definition) is 3. The van der Waals surface area contributed by atoms with E-state index in [2.05, 4.69) is 17.6 Å². The van der Waals surface area contributed by atoms with Gasteiger partial charge in [0, 0.05) is 25.0 Å². The number of carbonyl (C=O) groups is 1. The fraction of sp³-hybridized carbons (Fsp3) is 0.462. The van der Waals surface area contributed by atoms with Gasteiger partial charge in [-0.15, -0.1) is 0 Å². The number of phenolic OH excluding ortho intramolecular Hbond substituents is 1. The maximum Gasteiger partial charge on any atom is 0.221 e. The summed E-state index contributed by atoms with van der Waals surface area (Å²) >= 11 is 0. The van der Waals surface area contributed by atoms with Gasteiger partial charge in [-0.3, -0.25) is 4.79 Å². The van der Waals surface area contributed by atoms with E-state index in [1.54, 1.807) is 12.1 Å². The van der Waals surface area contributed by atoms with E-state index in [1.807, 2.05) is 12.1 Å². The predicted octanol–water partition coefficient (Wildman–Crippen LogP) is 1.32. The average Bonchev–Trinajstić information content (AvgIpc) is 2.73. The smallest absolute Gasteiger partial charge is 0.221 e. The molecule has 92 valence electrons. The van der Waals surface area contributed by atoms with Gasteiger partial charge in [-0.05, 0) is 24.1 Å². The lowest BCUT2D eigenvalue weighted by Crippen LogP contribution is -2.34. The number of carbonyl (C=O) groups excluding carboxylic acids is 1. The van der Waals surface area contributed by atoms with Crippen LogP contribution in [-0.4, -0.2) is 23.6 Å². The molecule has 0 saturated carbocycles. The van der Waals surface area contributed by atoms with Crippen LogP contribution in [0.5, 0.6) is 5.75 Å². The zero-order valence-electron chi connectivity index (χ0n) is 9.94. The summed E-state index contributed by atoms with van der Waals surface area (Å²) in [6.45, 7) is 2.81. The second-order valence-electron chi connectivity index (χ2n) is 4.42. The normalized spacial score (nSPS) is 21.2. The minimum absolute atomic E-state index is 0.114. The molecule has 0 aliphatic carbocycles. The molecule has 1 heterocycles. The first-order valence-corrected chi connectivity index (χ1v) is 6.00. The fourth-order valence-electron chi connectivity index (χ4n) is 2.16. The van der Waals surface area contributed by atoms with Gasteiger partial charge in [-0.1, -0.05) is 19.1 Å². The summed E-state index contributed by atoms with van der Waals surface area (Å²) in [5.74, 6) is 0.393. The Morgan fingerprint density at radius 1 is 1.47 bits per heavy atom. The van der Waals surface area contributed by atoms with E-state index < -0.39 is 0 Å². The molecule has 1 amide bonds. The number of benzene rings is 1. The third kappa shape index (κ3) is 2.97. The Morgan fingerprint density at radius 2 is 2.18 bits per heavy atom. The molecule has 1 aromatic carbocycles. The maximum absolute atomic E-state index is 11.1. The molecule has 2 atom stereocenters. The van der Waals surface area contributed by atoms with Gasteiger partial charge in [0.2, 0.25) is 5.91 Å². The molecular weight excluding hydrogens is 216 g/mol. The van der Waals surface area contributed by atoms with E-state index in [9.17, 15) is 9.90 Å². The number of nitrogens with one attached hydrogen (secondary N) is 2. The van der Waals surface area contributed by atoms with Crippen molar-refractivity contribution in [2.45, 2.75) is 31.8 Å². The van der Waals surface area contributed by atoms with Gasteiger partial charge in [0.15, 0.2) is 0 Å². The zero-order chi connectivity index (χ0) is 12.3. The molecule has 1 aliphatic heterocycles. The second kappa shape index (κ2) is 5.19. The molecular formula is C13H18N2O2. The summed E-state index contributed by atoms with van der Waals surface area (Å²) in [4.78, 5) is 11.1. The quantitative estimate of drug-likeness (QED) is 0.736. The number of aromatic hydroxyl groups is 1. The molecule has 3 N–H and O–H groups in total. The molecule has 1 fully saturated rings. The third-order valence-electron chi connectivity index (χ3n) is 3.12. The van der Waals surface area contributed by atoms with Gasteiger partial charge in [0.25, 0.3) is 0 Å². The monoisotopic (exact) mass is 234 g/mol. The Kier molecular flexibility index (Phi) is 3.64. The molecule has 0 radical (unpaired) electrons. The van der Waals surface area contributed by atoms with Crippen molar-refractivity contribution >= 4 is 5.91 Å². The van der Waals surface area contributed by atoms with E-state index in [0.29, 0.717) is 13.0 Å². The molecule has 0 bridgehead atoms. The molecule has 1 saturated heterocycles. The van der Waals surface area contributed by atoms with E-state index in [-0.39, 0.29) is 23.7 Å². The number of amides is 1. The van der Waals surface area contributed by atoms with Crippen molar-refractivity contribution in [1.29, 1.82) is 0 Å². The van der Waals surface area contributed by atoms with Gasteiger partial charge < -0.3 is 15.7 Å². The van der Waals surface area contributed by atoms with Gasteiger partial charge in [-0.2, -0.15) is 0 Å². The highest BCUT2D eigenvalue weighted by molar-refractivity contribution is 5.78. The Hall–Kier alpha value is -1.55. The van der Waals surface area contributed by atoms with Crippen molar-refractivity contribution in [3.63, 3.8) is 0 Å². The van der Waals surface area contributed by atoms with Gasteiger partial charge >= 0.3 is 0 Å². The van der Waals surface area contributed by atoms with Crippen LogP contribution in [0.4, 0.5) is 0 Å². The molecule has 1 aromatic rings. The Bertz CT molecular complexity index is 389. The molecule has 2 rings (SSSR count). The molecule has 4 nitrogen and oxygen atoms in total. The third-order valence-corrected chi connectivity index (χ3v) is 3.12. The summed E-state index contributed by atoms with van der Waals surface area (Å²) in [5.41, 5.74) is 1.14. The first-order valence-electron chi connectivity index (χ1n) is 6.00. The van der Waals surface area contributed by atoms with Crippen molar-refractivity contribution in [1.82, 2.24) is 10.6 Å². The highest BCUT2D eigenvalue weighted by Gasteiger charge is 2.23. The van der Waals surface area contributed by atoms with Crippen LogP contribution in [0.15, 0.2) is 24.3 Å². The van der Waals surface area contributed by atoms with Crippen LogP contribution in [0.3, 0.4) is 0 Å². The van der Waals surface area contributed by atoms with Crippen LogP contribution in [-0.2, 0) is 4.79 Å². The molecule has 0 spiro atoms. The summed E-state index contributed by atoms with van der Waals surface area (Å²) in [7, 11) is 0. The van der Waals surface area contributed by atoms with Crippen molar-refractivity contribution in [3.8, 4) is 5.75 Å². The van der Waals surface area contributed by atoms with Crippen LogP contribution in [0.2, 0.25) is 0 Å². The van der Waals surface area contributed by atoms with E-state index >= 15 is 0 Å². The van der Waals surface area contributed by atoms with Gasteiger partial charge in [0.1, 0.15) is 5.75 Å². The van der Waals surface area contributed by atoms with Gasteiger partial charge in [-0.25, -0.2) is 0 Å².